The summed E-state index contributed by atoms with van der Waals surface area (Å²) in [7, 11) is 6.15. The number of amides is 5. The van der Waals surface area contributed by atoms with E-state index in [9.17, 15) is 53.1 Å². The summed E-state index contributed by atoms with van der Waals surface area (Å²) in [6.07, 6.45) is 6.36. The number of aliphatic carboxylic acids is 1. The second-order valence-corrected chi connectivity index (χ2v) is 27.3. The van der Waals surface area contributed by atoms with E-state index in [1.54, 1.807) is 55.6 Å². The summed E-state index contributed by atoms with van der Waals surface area (Å²) < 4.78 is 26.3. The topological polar surface area (TPSA) is 434 Å². The number of esters is 3. The molecule has 4 atom stereocenters. The molecule has 12 N–H and O–H groups in total. The van der Waals surface area contributed by atoms with E-state index >= 15 is 0 Å². The smallest absolute Gasteiger partial charge is 0.426 e. The van der Waals surface area contributed by atoms with Crippen molar-refractivity contribution >= 4 is 137 Å². The van der Waals surface area contributed by atoms with Crippen molar-refractivity contribution in [2.75, 3.05) is 70.3 Å². The highest BCUT2D eigenvalue weighted by molar-refractivity contribution is 8.76. The fourth-order valence-electron chi connectivity index (χ4n) is 12.2. The van der Waals surface area contributed by atoms with Crippen LogP contribution in [0.5, 0.6) is 0 Å². The molecule has 32 heteroatoms. The van der Waals surface area contributed by atoms with Gasteiger partial charge < -0.3 is 70.7 Å². The Bertz CT molecular complexity index is 4630. The molecule has 5 aromatic rings. The van der Waals surface area contributed by atoms with Gasteiger partial charge in [-0.3, -0.25) is 44.0 Å². The minimum absolute atomic E-state index is 0.0185. The monoisotopic (exact) mass is 1460 g/mol. The number of rotatable bonds is 31. The van der Waals surface area contributed by atoms with Gasteiger partial charge in [0.2, 0.25) is 17.7 Å². The minimum atomic E-state index is -1.25. The van der Waals surface area contributed by atoms with Crippen LogP contribution in [-0.4, -0.2) is 165 Å². The summed E-state index contributed by atoms with van der Waals surface area (Å²) in [6.45, 7) is 13.8. The summed E-state index contributed by atoms with van der Waals surface area (Å²) in [4.78, 5) is 157. The lowest BCUT2D eigenvalue weighted by molar-refractivity contribution is -0.149. The molecule has 0 saturated heterocycles. The molecule has 9 rings (SSSR count). The molecule has 4 aliphatic rings. The van der Waals surface area contributed by atoms with Gasteiger partial charge in [-0.25, -0.2) is 34.8 Å². The lowest BCUT2D eigenvalue weighted by Gasteiger charge is -2.36. The minimum Gasteiger partial charge on any atom is -0.480 e. The van der Waals surface area contributed by atoms with Crippen molar-refractivity contribution in [3.8, 4) is 0 Å². The lowest BCUT2D eigenvalue weighted by atomic mass is 9.64. The quantitative estimate of drug-likeness (QED) is 0.00688. The van der Waals surface area contributed by atoms with E-state index in [0.717, 1.165) is 44.2 Å². The van der Waals surface area contributed by atoms with Crippen molar-refractivity contribution in [1.82, 2.24) is 61.7 Å². The van der Waals surface area contributed by atoms with Crippen molar-refractivity contribution in [3.05, 3.63) is 158 Å². The normalized spacial score (nSPS) is 15.4. The Morgan fingerprint density at radius 2 is 1.52 bits per heavy atom. The number of benzene rings is 1. The number of fused-ring (bicyclic) bond motifs is 12. The Morgan fingerprint density at radius 3 is 2.25 bits per heavy atom. The fourth-order valence-corrected chi connectivity index (χ4v) is 14.1. The number of nitrogen functional groups attached to an aromatic ring is 1. The average Bonchev–Trinajstić information content (AvgIpc) is 1.54. The van der Waals surface area contributed by atoms with Crippen molar-refractivity contribution in [1.29, 1.82) is 0 Å². The standard InChI is InChI=1S/C72H82N14O16S2/c1-10-44-38(3)50-30-55-48-19-16-47(69(95)99-8)64(70(96)100-9)72(48,6)58(82-55)32-51-40(5)46(18-22-63(90)98-7)54(81-51)31-53-45(39(4)49(80-53)29-52(44)79-50)17-21-62(89)85-86-71(97)102-27-28-103-104-36-57(68(93)94)83-61(88)23-25-101-26-24-74-60(87)20-11-37(2)77-66(91)41-12-14-42(15-13-41)75-34-43-35-76-56-33-59(73)84-67(92)65(56)78-43/h10,12-16,19,29-33,35,37,57,64,75,80,82H,1,11,17-18,20-28,34,36H2,2-9H3,(H,74,87)(H,77,91)(H,83,88)(H,85,89)(H,86,97)(H,93,94)(H3,73,84,92)/t37-,57-,64-,72+/m1/s1. The average molecular weight is 1460 g/mol. The van der Waals surface area contributed by atoms with Crippen LogP contribution in [0.2, 0.25) is 0 Å². The maximum absolute atomic E-state index is 13.9. The van der Waals surface area contributed by atoms with Crippen molar-refractivity contribution in [3.63, 3.8) is 0 Å². The predicted octanol–water partition coefficient (Wildman–Crippen LogP) is 7.18. The third-order valence-electron chi connectivity index (χ3n) is 17.9. The molecule has 1 aliphatic carbocycles. The van der Waals surface area contributed by atoms with Crippen LogP contribution in [0.1, 0.15) is 128 Å². The van der Waals surface area contributed by atoms with Gasteiger partial charge in [-0.05, 0) is 136 Å². The summed E-state index contributed by atoms with van der Waals surface area (Å²) in [5, 5.41) is 21.1. The molecule has 30 nitrogen and oxygen atoms in total. The number of nitrogens with zero attached hydrogens (tertiary/aromatic N) is 4. The summed E-state index contributed by atoms with van der Waals surface area (Å²) >= 11 is 0. The van der Waals surface area contributed by atoms with Crippen LogP contribution < -0.4 is 43.4 Å². The number of allylic oxidation sites excluding steroid dienone is 8. The molecule has 8 bridgehead atoms. The molecule has 0 radical (unpaired) electrons. The second kappa shape index (κ2) is 35.2. The van der Waals surface area contributed by atoms with Crippen LogP contribution in [0, 0.1) is 12.8 Å². The summed E-state index contributed by atoms with van der Waals surface area (Å²) in [5.74, 6) is -5.48. The van der Waals surface area contributed by atoms with Crippen molar-refractivity contribution < 1.29 is 71.9 Å². The third-order valence-corrected chi connectivity index (χ3v) is 20.2. The van der Waals surface area contributed by atoms with Gasteiger partial charge in [-0.2, -0.15) is 0 Å². The first kappa shape index (κ1) is 77.0. The molecule has 0 fully saturated rings. The molecule has 4 aromatic heterocycles. The molecule has 548 valence electrons. The number of aromatic nitrogens is 7. The van der Waals surface area contributed by atoms with Gasteiger partial charge in [0.1, 0.15) is 24.4 Å². The van der Waals surface area contributed by atoms with E-state index in [1.165, 1.54) is 38.2 Å². The zero-order chi connectivity index (χ0) is 74.9. The number of carbonyl (C=O) groups excluding carboxylic acids is 8. The lowest BCUT2D eigenvalue weighted by Crippen LogP contribution is -2.42. The number of nitrogens with two attached hydrogens (primary N) is 1. The number of nitrogens with one attached hydrogen (secondary N) is 9. The van der Waals surface area contributed by atoms with Crippen LogP contribution in [0.15, 0.2) is 96.0 Å². The number of methoxy groups -OCH3 is 3. The zero-order valence-corrected chi connectivity index (χ0v) is 60.2. The maximum atomic E-state index is 13.9. The number of H-pyrrole nitrogens is 3. The van der Waals surface area contributed by atoms with E-state index in [-0.39, 0.29) is 118 Å². The first-order valence-electron chi connectivity index (χ1n) is 33.2. The van der Waals surface area contributed by atoms with Crippen LogP contribution in [0.25, 0.3) is 49.9 Å². The molecule has 0 spiro atoms. The molecule has 3 aliphatic heterocycles. The summed E-state index contributed by atoms with van der Waals surface area (Å²) in [5.41, 5.74) is 20.8. The Kier molecular flexibility index (Phi) is 26.1. The van der Waals surface area contributed by atoms with E-state index in [4.69, 9.17) is 39.4 Å². The highest BCUT2D eigenvalue weighted by atomic mass is 33.1. The SMILES string of the molecule is C=CC1=C(C)c2cc3[nH]c(cc4nc(cc5[nH]c(cc1n2)c(C)c5CCC(=O)NNC(=O)OCCSSC[C@@H](NC(=O)CCOCCNC(=O)CC[C@@H](C)NC(=O)c1ccc(NCc2cnc5cc(N)[nH]c(=O)c5n2)cc1)C(=O)O)C(CCC(=O)OC)=C4C)[C@]1(C)C3=CC=C(C(=O)OC)[C@@H]1C(=O)OC. The number of ether oxygens (including phenoxy) is 5. The van der Waals surface area contributed by atoms with Gasteiger partial charge in [0.15, 0.2) is 5.52 Å². The molecule has 104 heavy (non-hydrogen) atoms. The van der Waals surface area contributed by atoms with Gasteiger partial charge in [0, 0.05) is 95.1 Å². The first-order valence-corrected chi connectivity index (χ1v) is 35.7. The van der Waals surface area contributed by atoms with Crippen molar-refractivity contribution in [2.45, 2.75) is 104 Å². The molecule has 1 aromatic carbocycles. The second-order valence-electron chi connectivity index (χ2n) is 24.7. The molecule has 0 saturated carbocycles. The number of carboxylic acid groups (broad SMARTS) is 1. The number of hydrogen-bond acceptors (Lipinski definition) is 23. The molecule has 0 unspecified atom stereocenters. The highest BCUT2D eigenvalue weighted by Gasteiger charge is 2.53. The fraction of sp³-hybridized carbons (Fsp3) is 0.361. The van der Waals surface area contributed by atoms with Crippen molar-refractivity contribution in [2.24, 2.45) is 5.92 Å². The Labute approximate surface area is 605 Å². The van der Waals surface area contributed by atoms with Gasteiger partial charge in [-0.1, -0.05) is 46.4 Å². The Morgan fingerprint density at radius 1 is 0.769 bits per heavy atom. The molecule has 5 amide bonds. The van der Waals surface area contributed by atoms with Crippen LogP contribution in [-0.2, 0) is 75.6 Å². The largest absolute Gasteiger partial charge is 0.480 e. The Hall–Kier alpha value is -11.1. The number of aryl methyl sites for hydroxylation is 2. The first-order chi connectivity index (χ1) is 49.8. The van der Waals surface area contributed by atoms with Gasteiger partial charge in [0.05, 0.1) is 92.3 Å². The third kappa shape index (κ3) is 18.7. The van der Waals surface area contributed by atoms with Crippen LogP contribution in [0.3, 0.4) is 0 Å². The zero-order valence-electron chi connectivity index (χ0n) is 58.6. The van der Waals surface area contributed by atoms with Gasteiger partial charge in [-0.15, -0.1) is 0 Å². The predicted molar refractivity (Wildman–Crippen MR) is 393 cm³/mol. The number of pyridine rings is 1. The Balaban J connectivity index is 0.710. The van der Waals surface area contributed by atoms with Crippen LogP contribution in [0.4, 0.5) is 16.3 Å². The number of carboxylic acids is 1. The van der Waals surface area contributed by atoms with Crippen LogP contribution >= 0.6 is 21.6 Å². The molecular formula is C72H82N14O16S2. The number of hydrogen-bond donors (Lipinski definition) is 11. The van der Waals surface area contributed by atoms with E-state index in [2.05, 4.69) is 63.6 Å². The number of carbonyl (C=O) groups is 9. The van der Waals surface area contributed by atoms with E-state index < -0.39 is 64.7 Å². The van der Waals surface area contributed by atoms with E-state index in [1.807, 2.05) is 52.0 Å². The molecular weight excluding hydrogens is 1380 g/mol. The summed E-state index contributed by atoms with van der Waals surface area (Å²) in [6, 6.07) is 14.2. The molecule has 7 heterocycles. The van der Waals surface area contributed by atoms with Gasteiger partial charge in [0.25, 0.3) is 11.5 Å². The maximum Gasteiger partial charge on any atom is 0.426 e. The number of hydrazine groups is 1. The van der Waals surface area contributed by atoms with E-state index in [0.29, 0.717) is 79.7 Å². The number of anilines is 2. The highest BCUT2D eigenvalue weighted by Crippen LogP contribution is 2.53. The van der Waals surface area contributed by atoms with Gasteiger partial charge >= 0.3 is 30.0 Å². The number of aromatic amines is 3.